The first-order chi connectivity index (χ1) is 9.57. The summed E-state index contributed by atoms with van der Waals surface area (Å²) in [4.78, 5) is 12.5. The Hall–Kier alpha value is -1.35. The van der Waals surface area contributed by atoms with Gasteiger partial charge in [0.15, 0.2) is 0 Å². The molecule has 1 amide bonds. The lowest BCUT2D eigenvalue weighted by molar-refractivity contribution is -0.122. The van der Waals surface area contributed by atoms with Gasteiger partial charge in [-0.1, -0.05) is 25.8 Å². The number of rotatable bonds is 2. The average Bonchev–Trinajstić information content (AvgIpc) is 2.85. The van der Waals surface area contributed by atoms with Gasteiger partial charge in [-0.05, 0) is 61.3 Å². The van der Waals surface area contributed by atoms with Crippen molar-refractivity contribution < 1.29 is 4.79 Å². The Kier molecular flexibility index (Phi) is 3.55. The van der Waals surface area contributed by atoms with Crippen molar-refractivity contribution in [2.75, 3.05) is 5.32 Å². The monoisotopic (exact) mass is 272 g/mol. The van der Waals surface area contributed by atoms with Crippen LogP contribution in [0.2, 0.25) is 0 Å². The number of amides is 1. The lowest BCUT2D eigenvalue weighted by Gasteiger charge is -2.35. The van der Waals surface area contributed by atoms with Crippen molar-refractivity contribution in [2.24, 2.45) is 11.7 Å². The van der Waals surface area contributed by atoms with Gasteiger partial charge in [0.05, 0.1) is 5.54 Å². The van der Waals surface area contributed by atoms with E-state index in [-0.39, 0.29) is 5.91 Å². The fraction of sp³-hybridized carbons (Fsp3) is 0.588. The minimum atomic E-state index is -0.684. The van der Waals surface area contributed by atoms with Gasteiger partial charge in [0, 0.05) is 5.69 Å². The zero-order valence-corrected chi connectivity index (χ0v) is 12.2. The van der Waals surface area contributed by atoms with Crippen molar-refractivity contribution in [1.29, 1.82) is 0 Å². The summed E-state index contributed by atoms with van der Waals surface area (Å²) in [6.45, 7) is 2.18. The molecule has 3 rings (SSSR count). The second-order valence-electron chi connectivity index (χ2n) is 6.65. The molecule has 0 saturated heterocycles. The predicted molar refractivity (Wildman–Crippen MR) is 81.6 cm³/mol. The Morgan fingerprint density at radius 2 is 2.10 bits per heavy atom. The highest BCUT2D eigenvalue weighted by Crippen LogP contribution is 2.32. The van der Waals surface area contributed by atoms with Crippen molar-refractivity contribution in [3.8, 4) is 0 Å². The first kappa shape index (κ1) is 13.6. The number of hydrogen-bond donors (Lipinski definition) is 2. The molecule has 2 aliphatic rings. The van der Waals surface area contributed by atoms with Crippen molar-refractivity contribution in [3.05, 3.63) is 29.3 Å². The quantitative estimate of drug-likeness (QED) is 0.869. The first-order valence-electron chi connectivity index (χ1n) is 7.79. The van der Waals surface area contributed by atoms with E-state index in [0.717, 1.165) is 31.4 Å². The number of aryl methyl sites for hydroxylation is 2. The lowest BCUT2D eigenvalue weighted by Crippen LogP contribution is -2.53. The maximum Gasteiger partial charge on any atom is 0.244 e. The van der Waals surface area contributed by atoms with Crippen LogP contribution in [0.15, 0.2) is 18.2 Å². The first-order valence-corrected chi connectivity index (χ1v) is 7.79. The maximum atomic E-state index is 12.5. The molecule has 0 bridgehead atoms. The summed E-state index contributed by atoms with van der Waals surface area (Å²) in [5, 5.41) is 3.04. The number of carbonyl (C=O) groups is 1. The highest BCUT2D eigenvalue weighted by molar-refractivity contribution is 5.98. The Balaban J connectivity index is 1.72. The highest BCUT2D eigenvalue weighted by Gasteiger charge is 2.37. The molecule has 3 N–H and O–H groups in total. The molecule has 1 saturated carbocycles. The van der Waals surface area contributed by atoms with Gasteiger partial charge in [-0.25, -0.2) is 0 Å². The van der Waals surface area contributed by atoms with Gasteiger partial charge in [0.2, 0.25) is 5.91 Å². The van der Waals surface area contributed by atoms with Crippen LogP contribution in [0.5, 0.6) is 0 Å². The molecule has 3 nitrogen and oxygen atoms in total. The van der Waals surface area contributed by atoms with E-state index in [4.69, 9.17) is 5.73 Å². The molecule has 0 heterocycles. The predicted octanol–water partition coefficient (Wildman–Crippen LogP) is 3.02. The minimum Gasteiger partial charge on any atom is -0.324 e. The van der Waals surface area contributed by atoms with Gasteiger partial charge in [-0.2, -0.15) is 0 Å². The molecule has 0 spiro atoms. The van der Waals surface area contributed by atoms with E-state index in [0.29, 0.717) is 5.92 Å². The number of carbonyl (C=O) groups excluding carboxylic acids is 1. The smallest absolute Gasteiger partial charge is 0.244 e. The van der Waals surface area contributed by atoms with Gasteiger partial charge in [0.1, 0.15) is 0 Å². The molecule has 0 aliphatic heterocycles. The zero-order valence-electron chi connectivity index (χ0n) is 12.2. The number of nitrogens with one attached hydrogen (secondary N) is 1. The van der Waals surface area contributed by atoms with Crippen LogP contribution in [0.25, 0.3) is 0 Å². The van der Waals surface area contributed by atoms with Gasteiger partial charge >= 0.3 is 0 Å². The number of nitrogens with two attached hydrogens (primary N) is 1. The number of benzene rings is 1. The molecule has 2 atom stereocenters. The van der Waals surface area contributed by atoms with Crippen LogP contribution in [0, 0.1) is 5.92 Å². The van der Waals surface area contributed by atoms with Crippen LogP contribution < -0.4 is 11.1 Å². The number of anilines is 1. The molecule has 1 aromatic carbocycles. The maximum absolute atomic E-state index is 12.5. The molecule has 0 aromatic heterocycles. The average molecular weight is 272 g/mol. The van der Waals surface area contributed by atoms with E-state index >= 15 is 0 Å². The summed E-state index contributed by atoms with van der Waals surface area (Å²) >= 11 is 0. The van der Waals surface area contributed by atoms with Crippen LogP contribution in [-0.4, -0.2) is 11.4 Å². The molecule has 1 aromatic rings. The van der Waals surface area contributed by atoms with Crippen LogP contribution in [0.3, 0.4) is 0 Å². The van der Waals surface area contributed by atoms with Crippen LogP contribution in [0.1, 0.15) is 50.2 Å². The second kappa shape index (κ2) is 5.21. The van der Waals surface area contributed by atoms with E-state index < -0.39 is 5.54 Å². The SMILES string of the molecule is CC1CCCC(N)(C(=O)Nc2ccc3c(c2)CCC3)C1. The van der Waals surface area contributed by atoms with Crippen molar-refractivity contribution in [1.82, 2.24) is 0 Å². The summed E-state index contributed by atoms with van der Waals surface area (Å²) in [6.07, 6.45) is 7.36. The zero-order chi connectivity index (χ0) is 14.2. The van der Waals surface area contributed by atoms with E-state index in [1.165, 1.54) is 30.4 Å². The van der Waals surface area contributed by atoms with Crippen LogP contribution in [-0.2, 0) is 17.6 Å². The van der Waals surface area contributed by atoms with Gasteiger partial charge in [-0.15, -0.1) is 0 Å². The fourth-order valence-electron chi connectivity index (χ4n) is 3.70. The molecular weight excluding hydrogens is 248 g/mol. The lowest BCUT2D eigenvalue weighted by atomic mass is 9.76. The van der Waals surface area contributed by atoms with Crippen molar-refractivity contribution in [3.63, 3.8) is 0 Å². The van der Waals surface area contributed by atoms with E-state index in [2.05, 4.69) is 24.4 Å². The summed E-state index contributed by atoms with van der Waals surface area (Å²) in [5.74, 6) is 0.529. The third-order valence-corrected chi connectivity index (χ3v) is 4.84. The normalized spacial score (nSPS) is 29.0. The van der Waals surface area contributed by atoms with Crippen molar-refractivity contribution >= 4 is 11.6 Å². The van der Waals surface area contributed by atoms with Crippen LogP contribution >= 0.6 is 0 Å². The molecular formula is C17H24N2O. The van der Waals surface area contributed by atoms with E-state index in [9.17, 15) is 4.79 Å². The Bertz CT molecular complexity index is 526. The van der Waals surface area contributed by atoms with E-state index in [1.807, 2.05) is 6.07 Å². The topological polar surface area (TPSA) is 55.1 Å². The number of fused-ring (bicyclic) bond motifs is 1. The molecule has 3 heteroatoms. The Labute approximate surface area is 120 Å². The van der Waals surface area contributed by atoms with Gasteiger partial charge in [-0.3, -0.25) is 4.79 Å². The minimum absolute atomic E-state index is 0.0120. The molecule has 1 fully saturated rings. The fourth-order valence-corrected chi connectivity index (χ4v) is 3.70. The molecule has 20 heavy (non-hydrogen) atoms. The van der Waals surface area contributed by atoms with Gasteiger partial charge < -0.3 is 11.1 Å². The largest absolute Gasteiger partial charge is 0.324 e. The highest BCUT2D eigenvalue weighted by atomic mass is 16.2. The van der Waals surface area contributed by atoms with E-state index in [1.54, 1.807) is 0 Å². The molecule has 108 valence electrons. The summed E-state index contributed by atoms with van der Waals surface area (Å²) < 4.78 is 0. The Morgan fingerprint density at radius 3 is 2.90 bits per heavy atom. The molecule has 0 radical (unpaired) electrons. The summed E-state index contributed by atoms with van der Waals surface area (Å²) in [5.41, 5.74) is 9.37. The van der Waals surface area contributed by atoms with Crippen molar-refractivity contribution in [2.45, 2.75) is 57.4 Å². The molecule has 2 unspecified atom stereocenters. The van der Waals surface area contributed by atoms with Gasteiger partial charge in [0.25, 0.3) is 0 Å². The second-order valence-corrected chi connectivity index (χ2v) is 6.65. The third kappa shape index (κ3) is 2.59. The summed E-state index contributed by atoms with van der Waals surface area (Å²) in [6, 6.07) is 6.28. The summed E-state index contributed by atoms with van der Waals surface area (Å²) in [7, 11) is 0. The third-order valence-electron chi connectivity index (χ3n) is 4.84. The number of hydrogen-bond acceptors (Lipinski definition) is 2. The molecule has 2 aliphatic carbocycles. The Morgan fingerprint density at radius 1 is 1.30 bits per heavy atom. The standard InChI is InChI=1S/C17H24N2O/c1-12-4-3-9-17(18,11-12)16(20)19-15-8-7-13-5-2-6-14(13)10-15/h7-8,10,12H,2-6,9,11,18H2,1H3,(H,19,20). The van der Waals surface area contributed by atoms with Crippen LogP contribution in [0.4, 0.5) is 5.69 Å².